The van der Waals surface area contributed by atoms with Crippen molar-refractivity contribution >= 4 is 11.7 Å². The summed E-state index contributed by atoms with van der Waals surface area (Å²) in [6.07, 6.45) is 0.425. The summed E-state index contributed by atoms with van der Waals surface area (Å²) < 4.78 is 10.6. The van der Waals surface area contributed by atoms with E-state index in [1.165, 1.54) is 5.56 Å². The molecule has 0 fully saturated rings. The lowest BCUT2D eigenvalue weighted by molar-refractivity contribution is -0.145. The highest BCUT2D eigenvalue weighted by molar-refractivity contribution is 5.72. The maximum atomic E-state index is 11.8. The number of anilines is 1. The molecule has 0 aliphatic carbocycles. The zero-order valence-electron chi connectivity index (χ0n) is 12.2. The van der Waals surface area contributed by atoms with E-state index in [1.807, 2.05) is 18.2 Å². The summed E-state index contributed by atoms with van der Waals surface area (Å²) in [5, 5.41) is 3.31. The average Bonchev–Trinajstić information content (AvgIpc) is 2.81. The van der Waals surface area contributed by atoms with Crippen molar-refractivity contribution in [3.63, 3.8) is 0 Å². The van der Waals surface area contributed by atoms with Crippen LogP contribution in [0, 0.1) is 5.92 Å². The van der Waals surface area contributed by atoms with Crippen LogP contribution in [0.15, 0.2) is 24.3 Å². The molecule has 1 atom stereocenters. The molecule has 2 rings (SSSR count). The van der Waals surface area contributed by atoms with Gasteiger partial charge in [-0.3, -0.25) is 4.79 Å². The van der Waals surface area contributed by atoms with Crippen LogP contribution < -0.4 is 5.32 Å². The zero-order chi connectivity index (χ0) is 14.4. The number of nitrogens with one attached hydrogen (secondary N) is 1. The normalized spacial score (nSPS) is 16.9. The van der Waals surface area contributed by atoms with Gasteiger partial charge in [0.1, 0.15) is 6.61 Å². The van der Waals surface area contributed by atoms with E-state index >= 15 is 0 Å². The number of carbonyl (C=O) groups is 1. The molecule has 0 spiro atoms. The Labute approximate surface area is 120 Å². The van der Waals surface area contributed by atoms with Crippen LogP contribution in [-0.2, 0) is 14.3 Å². The van der Waals surface area contributed by atoms with Crippen LogP contribution >= 0.6 is 0 Å². The second-order valence-electron chi connectivity index (χ2n) is 5.56. The monoisotopic (exact) mass is 277 g/mol. The van der Waals surface area contributed by atoms with Crippen molar-refractivity contribution in [3.05, 3.63) is 29.8 Å². The molecule has 0 radical (unpaired) electrons. The van der Waals surface area contributed by atoms with Gasteiger partial charge in [0.2, 0.25) is 0 Å². The van der Waals surface area contributed by atoms with Crippen LogP contribution in [0.3, 0.4) is 0 Å². The number of esters is 1. The molecule has 0 bridgehead atoms. The number of hydrogen-bond acceptors (Lipinski definition) is 4. The van der Waals surface area contributed by atoms with Gasteiger partial charge in [-0.15, -0.1) is 0 Å². The lowest BCUT2D eigenvalue weighted by Crippen LogP contribution is -2.15. The minimum absolute atomic E-state index is 0.151. The SMILES string of the molecule is CC(C)COCCOC(=O)CC1CNc2ccccc21. The van der Waals surface area contributed by atoms with Crippen molar-refractivity contribution in [2.24, 2.45) is 5.92 Å². The predicted molar refractivity (Wildman–Crippen MR) is 78.9 cm³/mol. The smallest absolute Gasteiger partial charge is 0.306 e. The third-order valence-corrected chi connectivity index (χ3v) is 3.29. The number of carbonyl (C=O) groups excluding carboxylic acids is 1. The molecule has 20 heavy (non-hydrogen) atoms. The van der Waals surface area contributed by atoms with Crippen LogP contribution in [0.25, 0.3) is 0 Å². The van der Waals surface area contributed by atoms with E-state index in [9.17, 15) is 4.79 Å². The third kappa shape index (κ3) is 4.23. The van der Waals surface area contributed by atoms with Crippen molar-refractivity contribution in [3.8, 4) is 0 Å². The second-order valence-corrected chi connectivity index (χ2v) is 5.56. The minimum atomic E-state index is -0.151. The van der Waals surface area contributed by atoms with E-state index in [1.54, 1.807) is 0 Å². The number of hydrogen-bond donors (Lipinski definition) is 1. The number of benzene rings is 1. The molecule has 1 N–H and O–H groups in total. The van der Waals surface area contributed by atoms with Crippen molar-refractivity contribution in [2.75, 3.05) is 31.7 Å². The highest BCUT2D eigenvalue weighted by atomic mass is 16.6. The van der Waals surface area contributed by atoms with E-state index in [2.05, 4.69) is 25.2 Å². The maximum Gasteiger partial charge on any atom is 0.306 e. The molecule has 1 unspecified atom stereocenters. The van der Waals surface area contributed by atoms with Gasteiger partial charge in [0, 0.05) is 24.8 Å². The Bertz CT molecular complexity index is 445. The molecule has 110 valence electrons. The summed E-state index contributed by atoms with van der Waals surface area (Å²) in [6.45, 7) is 6.51. The molecule has 0 amide bonds. The first kappa shape index (κ1) is 14.9. The Morgan fingerprint density at radius 2 is 2.15 bits per heavy atom. The molecule has 1 heterocycles. The standard InChI is InChI=1S/C16H23NO3/c1-12(2)11-19-7-8-20-16(18)9-13-10-17-15-6-4-3-5-14(13)15/h3-6,12-13,17H,7-11H2,1-2H3. The fourth-order valence-electron chi connectivity index (χ4n) is 2.33. The third-order valence-electron chi connectivity index (χ3n) is 3.29. The van der Waals surface area contributed by atoms with Crippen LogP contribution in [-0.4, -0.2) is 32.3 Å². The Hall–Kier alpha value is -1.55. The largest absolute Gasteiger partial charge is 0.463 e. The maximum absolute atomic E-state index is 11.8. The second kappa shape index (κ2) is 7.29. The van der Waals surface area contributed by atoms with Crippen molar-refractivity contribution in [1.82, 2.24) is 0 Å². The fraction of sp³-hybridized carbons (Fsp3) is 0.562. The number of fused-ring (bicyclic) bond motifs is 1. The Balaban J connectivity index is 1.68. The molecular formula is C16H23NO3. The van der Waals surface area contributed by atoms with Crippen LogP contribution in [0.2, 0.25) is 0 Å². The first-order valence-electron chi connectivity index (χ1n) is 7.23. The van der Waals surface area contributed by atoms with Gasteiger partial charge in [-0.1, -0.05) is 32.0 Å². The molecule has 1 aromatic carbocycles. The summed E-state index contributed by atoms with van der Waals surface area (Å²) in [6, 6.07) is 8.11. The summed E-state index contributed by atoms with van der Waals surface area (Å²) in [7, 11) is 0. The van der Waals surface area contributed by atoms with Gasteiger partial charge >= 0.3 is 5.97 Å². The van der Waals surface area contributed by atoms with Gasteiger partial charge in [-0.05, 0) is 17.5 Å². The van der Waals surface area contributed by atoms with Gasteiger partial charge < -0.3 is 14.8 Å². The fourth-order valence-corrected chi connectivity index (χ4v) is 2.33. The van der Waals surface area contributed by atoms with Gasteiger partial charge in [-0.2, -0.15) is 0 Å². The van der Waals surface area contributed by atoms with Crippen molar-refractivity contribution in [2.45, 2.75) is 26.2 Å². The van der Waals surface area contributed by atoms with E-state index in [0.717, 1.165) is 12.2 Å². The molecule has 1 aliphatic rings. The first-order chi connectivity index (χ1) is 9.66. The Morgan fingerprint density at radius 3 is 2.95 bits per heavy atom. The molecular weight excluding hydrogens is 254 g/mol. The van der Waals surface area contributed by atoms with Crippen LogP contribution in [0.4, 0.5) is 5.69 Å². The lowest BCUT2D eigenvalue weighted by Gasteiger charge is -2.11. The molecule has 0 saturated heterocycles. The highest BCUT2D eigenvalue weighted by Gasteiger charge is 2.24. The van der Waals surface area contributed by atoms with Crippen LogP contribution in [0.1, 0.15) is 31.7 Å². The number of ether oxygens (including phenoxy) is 2. The zero-order valence-corrected chi connectivity index (χ0v) is 12.2. The van der Waals surface area contributed by atoms with E-state index < -0.39 is 0 Å². The van der Waals surface area contributed by atoms with E-state index in [-0.39, 0.29) is 11.9 Å². The Kier molecular flexibility index (Phi) is 5.41. The number of para-hydroxylation sites is 1. The summed E-state index contributed by atoms with van der Waals surface area (Å²) >= 11 is 0. The predicted octanol–water partition coefficient (Wildman–Crippen LogP) is 2.80. The van der Waals surface area contributed by atoms with Crippen LogP contribution in [0.5, 0.6) is 0 Å². The van der Waals surface area contributed by atoms with Gasteiger partial charge in [0.05, 0.1) is 13.0 Å². The molecule has 4 nitrogen and oxygen atoms in total. The first-order valence-corrected chi connectivity index (χ1v) is 7.23. The molecule has 4 heteroatoms. The number of rotatable bonds is 7. The Morgan fingerprint density at radius 1 is 1.35 bits per heavy atom. The average molecular weight is 277 g/mol. The quantitative estimate of drug-likeness (QED) is 0.615. The minimum Gasteiger partial charge on any atom is -0.463 e. The lowest BCUT2D eigenvalue weighted by atomic mass is 9.98. The molecule has 1 aromatic rings. The summed E-state index contributed by atoms with van der Waals surface area (Å²) in [4.78, 5) is 11.8. The van der Waals surface area contributed by atoms with E-state index in [0.29, 0.717) is 32.2 Å². The van der Waals surface area contributed by atoms with Crippen molar-refractivity contribution < 1.29 is 14.3 Å². The molecule has 0 aromatic heterocycles. The van der Waals surface area contributed by atoms with Crippen molar-refractivity contribution in [1.29, 1.82) is 0 Å². The van der Waals surface area contributed by atoms with Gasteiger partial charge in [0.15, 0.2) is 0 Å². The molecule has 1 aliphatic heterocycles. The topological polar surface area (TPSA) is 47.6 Å². The van der Waals surface area contributed by atoms with Gasteiger partial charge in [-0.25, -0.2) is 0 Å². The summed E-state index contributed by atoms with van der Waals surface area (Å²) in [5.41, 5.74) is 2.34. The van der Waals surface area contributed by atoms with E-state index in [4.69, 9.17) is 9.47 Å². The highest BCUT2D eigenvalue weighted by Crippen LogP contribution is 2.33. The summed E-state index contributed by atoms with van der Waals surface area (Å²) in [5.74, 6) is 0.573. The van der Waals surface area contributed by atoms with Gasteiger partial charge in [0.25, 0.3) is 0 Å². The molecule has 0 saturated carbocycles.